The molecule has 0 amide bonds. The molecule has 2 aromatic rings. The Hall–Kier alpha value is -1.65. The molecule has 3 nitrogen and oxygen atoms in total. The molecule has 0 atom stereocenters. The van der Waals surface area contributed by atoms with Crippen LogP contribution in [0.25, 0.3) is 0 Å². The van der Waals surface area contributed by atoms with E-state index in [-0.39, 0.29) is 11.5 Å². The van der Waals surface area contributed by atoms with Gasteiger partial charge in [-0.25, -0.2) is 0 Å². The molecule has 0 unspecified atom stereocenters. The fourth-order valence-corrected chi connectivity index (χ4v) is 2.97. The lowest BCUT2D eigenvalue weighted by Crippen LogP contribution is -2.07. The average molecular weight is 304 g/mol. The van der Waals surface area contributed by atoms with E-state index in [1.807, 2.05) is 39.8 Å². The van der Waals surface area contributed by atoms with Crippen LogP contribution in [0.5, 0.6) is 0 Å². The van der Waals surface area contributed by atoms with Gasteiger partial charge in [-0.05, 0) is 62.1 Å². The summed E-state index contributed by atoms with van der Waals surface area (Å²) in [6, 6.07) is 10.6. The van der Waals surface area contributed by atoms with Crippen molar-refractivity contribution in [1.82, 2.24) is 0 Å². The number of hydrogen-bond acceptors (Lipinski definition) is 3. The molecular formula is C17H20O3S. The molecule has 0 aliphatic carbocycles. The summed E-state index contributed by atoms with van der Waals surface area (Å²) in [5.74, 6) is 0. The highest BCUT2D eigenvalue weighted by molar-refractivity contribution is 7.86. The molecule has 0 saturated heterocycles. The first-order valence-electron chi connectivity index (χ1n) is 6.83. The van der Waals surface area contributed by atoms with E-state index >= 15 is 0 Å². The summed E-state index contributed by atoms with van der Waals surface area (Å²) < 4.78 is 29.5. The van der Waals surface area contributed by atoms with E-state index in [0.29, 0.717) is 0 Å². The van der Waals surface area contributed by atoms with Crippen molar-refractivity contribution < 1.29 is 12.6 Å². The lowest BCUT2D eigenvalue weighted by atomic mass is 9.99. The predicted molar refractivity (Wildman–Crippen MR) is 83.8 cm³/mol. The van der Waals surface area contributed by atoms with Crippen LogP contribution >= 0.6 is 0 Å². The van der Waals surface area contributed by atoms with Crippen LogP contribution < -0.4 is 0 Å². The lowest BCUT2D eigenvalue weighted by molar-refractivity contribution is 0.307. The summed E-state index contributed by atoms with van der Waals surface area (Å²) in [4.78, 5) is 0.189. The van der Waals surface area contributed by atoms with Crippen LogP contribution in [0.1, 0.15) is 27.8 Å². The van der Waals surface area contributed by atoms with Crippen LogP contribution in [0.2, 0.25) is 0 Å². The van der Waals surface area contributed by atoms with Crippen molar-refractivity contribution in [3.8, 4) is 0 Å². The standard InChI is InChI=1S/C17H20O3S/c1-12-5-9-17(10-6-12)21(18,19)20-11-16-8-7-13(2)14(3)15(16)4/h5-10H,11H2,1-4H3. The molecule has 0 aliphatic rings. The number of rotatable bonds is 4. The summed E-state index contributed by atoms with van der Waals surface area (Å²) in [5.41, 5.74) is 5.35. The Morgan fingerprint density at radius 3 is 2.10 bits per heavy atom. The van der Waals surface area contributed by atoms with E-state index in [0.717, 1.165) is 16.7 Å². The second kappa shape index (κ2) is 6.00. The van der Waals surface area contributed by atoms with Gasteiger partial charge in [-0.15, -0.1) is 0 Å². The highest BCUT2D eigenvalue weighted by Crippen LogP contribution is 2.20. The van der Waals surface area contributed by atoms with Gasteiger partial charge in [0, 0.05) is 0 Å². The van der Waals surface area contributed by atoms with Gasteiger partial charge in [0.15, 0.2) is 0 Å². The zero-order valence-corrected chi connectivity index (χ0v) is 13.6. The molecule has 0 radical (unpaired) electrons. The SMILES string of the molecule is Cc1ccc(S(=O)(=O)OCc2ccc(C)c(C)c2C)cc1. The van der Waals surface area contributed by atoms with Crippen molar-refractivity contribution in [3.05, 3.63) is 64.2 Å². The average Bonchev–Trinajstić information content (AvgIpc) is 2.44. The van der Waals surface area contributed by atoms with Crippen molar-refractivity contribution in [2.45, 2.75) is 39.2 Å². The van der Waals surface area contributed by atoms with Gasteiger partial charge in [0.25, 0.3) is 10.1 Å². The maximum atomic E-state index is 12.2. The fourth-order valence-electron chi connectivity index (χ4n) is 2.08. The first-order chi connectivity index (χ1) is 9.81. The molecule has 0 aliphatic heterocycles. The Balaban J connectivity index is 2.19. The Kier molecular flexibility index (Phi) is 4.49. The minimum atomic E-state index is -3.71. The van der Waals surface area contributed by atoms with Crippen molar-refractivity contribution in [2.75, 3.05) is 0 Å². The van der Waals surface area contributed by atoms with Crippen LogP contribution in [-0.4, -0.2) is 8.42 Å². The molecule has 112 valence electrons. The third kappa shape index (κ3) is 3.52. The molecule has 2 aromatic carbocycles. The molecule has 0 bridgehead atoms. The number of benzene rings is 2. The van der Waals surface area contributed by atoms with Gasteiger partial charge in [0.05, 0.1) is 11.5 Å². The van der Waals surface area contributed by atoms with E-state index in [1.54, 1.807) is 24.3 Å². The van der Waals surface area contributed by atoms with Crippen LogP contribution in [0.4, 0.5) is 0 Å². The quantitative estimate of drug-likeness (QED) is 0.806. The van der Waals surface area contributed by atoms with E-state index in [2.05, 4.69) is 0 Å². The molecular weight excluding hydrogens is 284 g/mol. The van der Waals surface area contributed by atoms with E-state index in [9.17, 15) is 8.42 Å². The molecule has 21 heavy (non-hydrogen) atoms. The second-order valence-electron chi connectivity index (χ2n) is 5.32. The van der Waals surface area contributed by atoms with Gasteiger partial charge in [-0.3, -0.25) is 4.18 Å². The van der Waals surface area contributed by atoms with E-state index in [4.69, 9.17) is 4.18 Å². The predicted octanol–water partition coefficient (Wildman–Crippen LogP) is 3.83. The highest BCUT2D eigenvalue weighted by Gasteiger charge is 2.16. The molecule has 0 N–H and O–H groups in total. The summed E-state index contributed by atoms with van der Waals surface area (Å²) in [6.45, 7) is 8.02. The topological polar surface area (TPSA) is 43.4 Å². The Morgan fingerprint density at radius 2 is 1.48 bits per heavy atom. The van der Waals surface area contributed by atoms with Crippen molar-refractivity contribution >= 4 is 10.1 Å². The third-order valence-corrected chi connectivity index (χ3v) is 5.13. The first-order valence-corrected chi connectivity index (χ1v) is 8.24. The maximum absolute atomic E-state index is 12.2. The summed E-state index contributed by atoms with van der Waals surface area (Å²) in [5, 5.41) is 0. The highest BCUT2D eigenvalue weighted by atomic mass is 32.2. The minimum absolute atomic E-state index is 0.0587. The van der Waals surface area contributed by atoms with Gasteiger partial charge in [-0.1, -0.05) is 29.8 Å². The Morgan fingerprint density at radius 1 is 0.857 bits per heavy atom. The molecule has 2 rings (SSSR count). The zero-order valence-electron chi connectivity index (χ0n) is 12.8. The van der Waals surface area contributed by atoms with Crippen molar-refractivity contribution in [3.63, 3.8) is 0 Å². The van der Waals surface area contributed by atoms with Crippen LogP contribution in [-0.2, 0) is 20.9 Å². The largest absolute Gasteiger partial charge is 0.297 e. The van der Waals surface area contributed by atoms with Crippen molar-refractivity contribution in [2.24, 2.45) is 0 Å². The second-order valence-corrected chi connectivity index (χ2v) is 6.94. The number of hydrogen-bond donors (Lipinski definition) is 0. The normalized spacial score (nSPS) is 11.6. The molecule has 0 heterocycles. The van der Waals surface area contributed by atoms with Crippen LogP contribution in [0.15, 0.2) is 41.3 Å². The first kappa shape index (κ1) is 15.7. The number of aryl methyl sites for hydroxylation is 2. The molecule has 4 heteroatoms. The van der Waals surface area contributed by atoms with Gasteiger partial charge in [0.1, 0.15) is 0 Å². The van der Waals surface area contributed by atoms with Gasteiger partial charge in [0.2, 0.25) is 0 Å². The van der Waals surface area contributed by atoms with E-state index < -0.39 is 10.1 Å². The smallest absolute Gasteiger partial charge is 0.262 e. The summed E-state index contributed by atoms with van der Waals surface area (Å²) >= 11 is 0. The van der Waals surface area contributed by atoms with Gasteiger partial charge in [-0.2, -0.15) is 8.42 Å². The Bertz CT molecular complexity index is 744. The third-order valence-electron chi connectivity index (χ3n) is 3.85. The van der Waals surface area contributed by atoms with E-state index in [1.165, 1.54) is 11.1 Å². The Labute approximate surface area is 126 Å². The zero-order chi connectivity index (χ0) is 15.6. The summed E-state index contributed by atoms with van der Waals surface area (Å²) in [7, 11) is -3.71. The summed E-state index contributed by atoms with van der Waals surface area (Å²) in [6.07, 6.45) is 0. The van der Waals surface area contributed by atoms with Crippen LogP contribution in [0, 0.1) is 27.7 Å². The lowest BCUT2D eigenvalue weighted by Gasteiger charge is -2.12. The molecule has 0 saturated carbocycles. The molecule has 0 spiro atoms. The fraction of sp³-hybridized carbons (Fsp3) is 0.294. The minimum Gasteiger partial charge on any atom is -0.262 e. The maximum Gasteiger partial charge on any atom is 0.297 e. The molecule has 0 aromatic heterocycles. The monoisotopic (exact) mass is 304 g/mol. The molecule has 0 fully saturated rings. The van der Waals surface area contributed by atoms with Crippen molar-refractivity contribution in [1.29, 1.82) is 0 Å². The van der Waals surface area contributed by atoms with Gasteiger partial charge >= 0.3 is 0 Å². The van der Waals surface area contributed by atoms with Crippen LogP contribution in [0.3, 0.4) is 0 Å². The van der Waals surface area contributed by atoms with Gasteiger partial charge < -0.3 is 0 Å².